The van der Waals surface area contributed by atoms with Crippen molar-refractivity contribution in [1.82, 2.24) is 4.98 Å². The minimum absolute atomic E-state index is 0.419. The third kappa shape index (κ3) is 3.33. The predicted octanol–water partition coefficient (Wildman–Crippen LogP) is 2.51. The van der Waals surface area contributed by atoms with Gasteiger partial charge in [-0.2, -0.15) is 0 Å². The molecular formula is C8H7F5N2O2. The average molecular weight is 258 g/mol. The number of anilines is 1. The Morgan fingerprint density at radius 2 is 1.94 bits per heavy atom. The number of nitrogen functional groups attached to an aromatic ring is 1. The Morgan fingerprint density at radius 3 is 2.35 bits per heavy atom. The number of nitrogens with zero attached hydrogens (tertiary/aromatic N) is 1. The zero-order valence-electron chi connectivity index (χ0n) is 8.39. The van der Waals surface area contributed by atoms with Gasteiger partial charge in [-0.1, -0.05) is 0 Å². The fourth-order valence-corrected chi connectivity index (χ4v) is 1.04. The van der Waals surface area contributed by atoms with Crippen LogP contribution in [0.5, 0.6) is 11.6 Å². The lowest BCUT2D eigenvalue weighted by Gasteiger charge is -2.14. The van der Waals surface area contributed by atoms with Crippen LogP contribution in [0.3, 0.4) is 0 Å². The van der Waals surface area contributed by atoms with Gasteiger partial charge in [-0.3, -0.25) is 0 Å². The Kier molecular flexibility index (Phi) is 3.59. The van der Waals surface area contributed by atoms with Gasteiger partial charge < -0.3 is 15.2 Å². The lowest BCUT2D eigenvalue weighted by Crippen LogP contribution is -2.19. The van der Waals surface area contributed by atoms with Crippen molar-refractivity contribution in [3.05, 3.63) is 11.8 Å². The number of halogens is 5. The van der Waals surface area contributed by atoms with Crippen molar-refractivity contribution >= 4 is 5.69 Å². The molecule has 1 heterocycles. The van der Waals surface area contributed by atoms with E-state index in [2.05, 4.69) is 14.5 Å². The fraction of sp³-hybridized carbons (Fsp3) is 0.375. The molecule has 96 valence electrons. The van der Waals surface area contributed by atoms with Crippen LogP contribution in [0.1, 0.15) is 12.1 Å². The second-order valence-electron chi connectivity index (χ2n) is 2.82. The summed E-state index contributed by atoms with van der Waals surface area (Å²) in [5.41, 5.74) is 3.90. The molecule has 4 nitrogen and oxygen atoms in total. The van der Waals surface area contributed by atoms with E-state index < -0.39 is 35.8 Å². The fourth-order valence-electron chi connectivity index (χ4n) is 1.04. The van der Waals surface area contributed by atoms with Crippen molar-refractivity contribution in [2.45, 2.75) is 12.8 Å². The maximum atomic E-state index is 12.3. The molecule has 1 rings (SSSR count). The van der Waals surface area contributed by atoms with E-state index in [4.69, 9.17) is 5.73 Å². The molecule has 1 aromatic heterocycles. The SMILES string of the molecule is COc1c(N)cc(C(F)F)nc1OC(F)(F)F. The highest BCUT2D eigenvalue weighted by Gasteiger charge is 2.34. The van der Waals surface area contributed by atoms with Gasteiger partial charge in [0.25, 0.3) is 12.3 Å². The standard InChI is InChI=1S/C8H7F5N2O2/c1-16-5-3(14)2-4(6(9)10)15-7(5)17-8(11,12)13/h2,6H,1H3,(H2,14,15). The van der Waals surface area contributed by atoms with Crippen LogP contribution in [-0.2, 0) is 0 Å². The average Bonchev–Trinajstić information content (AvgIpc) is 2.14. The minimum Gasteiger partial charge on any atom is -0.490 e. The molecule has 0 spiro atoms. The summed E-state index contributed by atoms with van der Waals surface area (Å²) < 4.78 is 68.5. The number of alkyl halides is 5. The van der Waals surface area contributed by atoms with Crippen LogP contribution >= 0.6 is 0 Å². The van der Waals surface area contributed by atoms with E-state index in [1.54, 1.807) is 0 Å². The van der Waals surface area contributed by atoms with Crippen LogP contribution in [0.4, 0.5) is 27.6 Å². The molecule has 0 fully saturated rings. The first kappa shape index (κ1) is 13.3. The molecule has 0 aliphatic carbocycles. The molecule has 0 aliphatic rings. The monoisotopic (exact) mass is 258 g/mol. The largest absolute Gasteiger partial charge is 0.574 e. The van der Waals surface area contributed by atoms with Crippen LogP contribution in [-0.4, -0.2) is 18.5 Å². The third-order valence-electron chi connectivity index (χ3n) is 1.63. The van der Waals surface area contributed by atoms with Crippen molar-refractivity contribution in [2.75, 3.05) is 12.8 Å². The summed E-state index contributed by atoms with van der Waals surface area (Å²) in [6.07, 6.45) is -8.15. The van der Waals surface area contributed by atoms with Gasteiger partial charge >= 0.3 is 6.36 Å². The topological polar surface area (TPSA) is 57.4 Å². The highest BCUT2D eigenvalue weighted by atomic mass is 19.4. The highest BCUT2D eigenvalue weighted by molar-refractivity contribution is 5.58. The van der Waals surface area contributed by atoms with E-state index in [0.29, 0.717) is 6.07 Å². The zero-order chi connectivity index (χ0) is 13.2. The highest BCUT2D eigenvalue weighted by Crippen LogP contribution is 2.37. The van der Waals surface area contributed by atoms with Gasteiger partial charge in [0.2, 0.25) is 5.75 Å². The van der Waals surface area contributed by atoms with Crippen LogP contribution in [0, 0.1) is 0 Å². The first-order chi connectivity index (χ1) is 7.74. The molecular weight excluding hydrogens is 251 g/mol. The molecule has 0 aromatic carbocycles. The molecule has 0 aliphatic heterocycles. The Morgan fingerprint density at radius 1 is 1.35 bits per heavy atom. The summed E-state index contributed by atoms with van der Waals surface area (Å²) in [6.45, 7) is 0. The van der Waals surface area contributed by atoms with Crippen molar-refractivity contribution in [3.63, 3.8) is 0 Å². The summed E-state index contributed by atoms with van der Waals surface area (Å²) in [6, 6.07) is 0.715. The molecule has 0 atom stereocenters. The first-order valence-electron chi connectivity index (χ1n) is 4.13. The summed E-state index contributed by atoms with van der Waals surface area (Å²) in [5.74, 6) is -1.69. The number of methoxy groups -OCH3 is 1. The maximum Gasteiger partial charge on any atom is 0.574 e. The van der Waals surface area contributed by atoms with Crippen LogP contribution < -0.4 is 15.2 Å². The molecule has 0 saturated carbocycles. The number of aromatic nitrogens is 1. The molecule has 0 saturated heterocycles. The van der Waals surface area contributed by atoms with Crippen molar-refractivity contribution in [3.8, 4) is 11.6 Å². The smallest absolute Gasteiger partial charge is 0.490 e. The van der Waals surface area contributed by atoms with Gasteiger partial charge in [0.1, 0.15) is 5.69 Å². The Balaban J connectivity index is 3.24. The lowest BCUT2D eigenvalue weighted by atomic mass is 10.3. The van der Waals surface area contributed by atoms with Gasteiger partial charge in [-0.05, 0) is 6.07 Å². The molecule has 0 bridgehead atoms. The van der Waals surface area contributed by atoms with Crippen LogP contribution in [0.25, 0.3) is 0 Å². The summed E-state index contributed by atoms with van der Waals surface area (Å²) >= 11 is 0. The molecule has 2 N–H and O–H groups in total. The zero-order valence-corrected chi connectivity index (χ0v) is 8.39. The molecule has 0 radical (unpaired) electrons. The molecule has 9 heteroatoms. The minimum atomic E-state index is -5.08. The summed E-state index contributed by atoms with van der Waals surface area (Å²) in [7, 11) is 1.01. The van der Waals surface area contributed by atoms with Crippen LogP contribution in [0.2, 0.25) is 0 Å². The third-order valence-corrected chi connectivity index (χ3v) is 1.63. The van der Waals surface area contributed by atoms with Crippen LogP contribution in [0.15, 0.2) is 6.07 Å². The quantitative estimate of drug-likeness (QED) is 0.846. The van der Waals surface area contributed by atoms with E-state index in [1.165, 1.54) is 0 Å². The van der Waals surface area contributed by atoms with E-state index in [-0.39, 0.29) is 0 Å². The van der Waals surface area contributed by atoms with Gasteiger partial charge in [0.05, 0.1) is 12.8 Å². The molecule has 0 unspecified atom stereocenters. The van der Waals surface area contributed by atoms with E-state index >= 15 is 0 Å². The molecule has 0 amide bonds. The summed E-state index contributed by atoms with van der Waals surface area (Å²) in [4.78, 5) is 2.99. The Hall–Kier alpha value is -1.80. The Labute approximate surface area is 92.1 Å². The van der Waals surface area contributed by atoms with Gasteiger partial charge in [0, 0.05) is 0 Å². The van der Waals surface area contributed by atoms with E-state index in [0.717, 1.165) is 7.11 Å². The number of hydrogen-bond donors (Lipinski definition) is 1. The number of ether oxygens (including phenoxy) is 2. The molecule has 1 aromatic rings. The van der Waals surface area contributed by atoms with Crippen molar-refractivity contribution in [1.29, 1.82) is 0 Å². The van der Waals surface area contributed by atoms with Gasteiger partial charge in [-0.25, -0.2) is 13.8 Å². The van der Waals surface area contributed by atoms with Crippen molar-refractivity contribution in [2.24, 2.45) is 0 Å². The number of pyridine rings is 1. The predicted molar refractivity (Wildman–Crippen MR) is 46.8 cm³/mol. The Bertz CT molecular complexity index is 408. The van der Waals surface area contributed by atoms with E-state index in [9.17, 15) is 22.0 Å². The van der Waals surface area contributed by atoms with Crippen molar-refractivity contribution < 1.29 is 31.4 Å². The maximum absolute atomic E-state index is 12.3. The number of nitrogens with two attached hydrogens (primary N) is 1. The van der Waals surface area contributed by atoms with E-state index in [1.807, 2.05) is 0 Å². The number of rotatable bonds is 3. The summed E-state index contributed by atoms with van der Waals surface area (Å²) in [5, 5.41) is 0. The normalized spacial score (nSPS) is 11.7. The number of hydrogen-bond acceptors (Lipinski definition) is 4. The second kappa shape index (κ2) is 4.60. The lowest BCUT2D eigenvalue weighted by molar-refractivity contribution is -0.276. The second-order valence-corrected chi connectivity index (χ2v) is 2.82. The van der Waals surface area contributed by atoms with Gasteiger partial charge in [0.15, 0.2) is 0 Å². The first-order valence-corrected chi connectivity index (χ1v) is 4.13. The molecule has 17 heavy (non-hydrogen) atoms. The van der Waals surface area contributed by atoms with Gasteiger partial charge in [-0.15, -0.1) is 13.2 Å².